The van der Waals surface area contributed by atoms with E-state index in [1.165, 1.54) is 0 Å². The number of amides is 2. The zero-order valence-corrected chi connectivity index (χ0v) is 14.1. The maximum absolute atomic E-state index is 13.7. The molecule has 0 saturated heterocycles. The predicted octanol–water partition coefficient (Wildman–Crippen LogP) is 3.06. The van der Waals surface area contributed by atoms with Crippen LogP contribution in [0.2, 0.25) is 0 Å². The second-order valence-electron chi connectivity index (χ2n) is 6.00. The van der Waals surface area contributed by atoms with E-state index in [-0.39, 0.29) is 5.92 Å². The van der Waals surface area contributed by atoms with Crippen LogP contribution in [0.3, 0.4) is 0 Å². The molecule has 0 radical (unpaired) electrons. The third kappa shape index (κ3) is 4.59. The Morgan fingerprint density at radius 3 is 2.32 bits per heavy atom. The maximum Gasteiger partial charge on any atom is 0.257 e. The molecule has 0 fully saturated rings. The summed E-state index contributed by atoms with van der Waals surface area (Å²) in [6.45, 7) is 5.28. The van der Waals surface area contributed by atoms with Crippen LogP contribution in [0.4, 0.5) is 14.6 Å². The second-order valence-corrected chi connectivity index (χ2v) is 6.00. The predicted molar refractivity (Wildman–Crippen MR) is 90.1 cm³/mol. The third-order valence-electron chi connectivity index (χ3n) is 3.59. The normalized spacial score (nSPS) is 11.9. The van der Waals surface area contributed by atoms with Gasteiger partial charge in [0.2, 0.25) is 5.91 Å². The molecule has 0 saturated carbocycles. The summed E-state index contributed by atoms with van der Waals surface area (Å²) in [6.07, 6.45) is 1.54. The van der Waals surface area contributed by atoms with Crippen molar-refractivity contribution in [2.24, 2.45) is 5.92 Å². The van der Waals surface area contributed by atoms with Crippen LogP contribution in [-0.2, 0) is 4.79 Å². The lowest BCUT2D eigenvalue weighted by Crippen LogP contribution is -2.47. The van der Waals surface area contributed by atoms with E-state index in [9.17, 15) is 18.4 Å². The molecule has 2 rings (SSSR count). The van der Waals surface area contributed by atoms with E-state index in [1.807, 2.05) is 6.92 Å². The molecular formula is C18H19F2N3O2. The van der Waals surface area contributed by atoms with E-state index in [4.69, 9.17) is 0 Å². The molecule has 25 heavy (non-hydrogen) atoms. The molecule has 1 heterocycles. The number of hydrogen-bond acceptors (Lipinski definition) is 3. The summed E-state index contributed by atoms with van der Waals surface area (Å²) in [6, 6.07) is 5.61. The number of nitrogens with one attached hydrogen (secondary N) is 2. The first-order chi connectivity index (χ1) is 11.8. The number of benzene rings is 1. The minimum atomic E-state index is -0.985. The van der Waals surface area contributed by atoms with Gasteiger partial charge in [0.25, 0.3) is 5.91 Å². The summed E-state index contributed by atoms with van der Waals surface area (Å²) < 4.78 is 27.5. The van der Waals surface area contributed by atoms with E-state index >= 15 is 0 Å². The number of aryl methyl sites for hydroxylation is 1. The first-order valence-electron chi connectivity index (χ1n) is 7.78. The van der Waals surface area contributed by atoms with Crippen molar-refractivity contribution >= 4 is 17.6 Å². The lowest BCUT2D eigenvalue weighted by atomic mass is 10.0. The van der Waals surface area contributed by atoms with Crippen LogP contribution in [0.5, 0.6) is 0 Å². The average molecular weight is 347 g/mol. The van der Waals surface area contributed by atoms with Crippen molar-refractivity contribution in [3.63, 3.8) is 0 Å². The summed E-state index contributed by atoms with van der Waals surface area (Å²) >= 11 is 0. The van der Waals surface area contributed by atoms with Gasteiger partial charge in [-0.15, -0.1) is 0 Å². The summed E-state index contributed by atoms with van der Waals surface area (Å²) in [7, 11) is 0. The molecule has 2 amide bonds. The number of pyridine rings is 1. The van der Waals surface area contributed by atoms with Crippen LogP contribution < -0.4 is 10.6 Å². The minimum absolute atomic E-state index is 0.302. The van der Waals surface area contributed by atoms with E-state index in [0.29, 0.717) is 5.82 Å². The summed E-state index contributed by atoms with van der Waals surface area (Å²) in [5.74, 6) is -3.44. The zero-order chi connectivity index (χ0) is 18.6. The van der Waals surface area contributed by atoms with E-state index in [1.54, 1.807) is 32.2 Å². The van der Waals surface area contributed by atoms with Crippen molar-refractivity contribution in [1.82, 2.24) is 10.3 Å². The second kappa shape index (κ2) is 7.83. The SMILES string of the molecule is Cc1ccnc(NC(=O)C(NC(=O)c2c(F)cccc2F)C(C)C)c1. The van der Waals surface area contributed by atoms with Gasteiger partial charge in [0, 0.05) is 6.20 Å². The molecule has 2 N–H and O–H groups in total. The van der Waals surface area contributed by atoms with Gasteiger partial charge >= 0.3 is 0 Å². The Morgan fingerprint density at radius 2 is 1.76 bits per heavy atom. The topological polar surface area (TPSA) is 71.1 Å². The van der Waals surface area contributed by atoms with E-state index in [2.05, 4.69) is 15.6 Å². The summed E-state index contributed by atoms with van der Waals surface area (Å²) in [5, 5.41) is 4.99. The Kier molecular flexibility index (Phi) is 5.80. The smallest absolute Gasteiger partial charge is 0.257 e. The van der Waals surface area contributed by atoms with Crippen LogP contribution in [0.15, 0.2) is 36.5 Å². The summed E-state index contributed by atoms with van der Waals surface area (Å²) in [4.78, 5) is 28.7. The van der Waals surface area contributed by atoms with Crippen LogP contribution >= 0.6 is 0 Å². The Balaban J connectivity index is 2.18. The first kappa shape index (κ1) is 18.5. The minimum Gasteiger partial charge on any atom is -0.340 e. The van der Waals surface area contributed by atoms with Gasteiger partial charge in [0.15, 0.2) is 0 Å². The Morgan fingerprint density at radius 1 is 1.12 bits per heavy atom. The largest absolute Gasteiger partial charge is 0.340 e. The van der Waals surface area contributed by atoms with Crippen molar-refractivity contribution in [2.75, 3.05) is 5.32 Å². The highest BCUT2D eigenvalue weighted by Crippen LogP contribution is 2.14. The van der Waals surface area contributed by atoms with Crippen LogP contribution in [0, 0.1) is 24.5 Å². The van der Waals surface area contributed by atoms with Crippen LogP contribution in [-0.4, -0.2) is 22.8 Å². The number of nitrogens with zero attached hydrogens (tertiary/aromatic N) is 1. The van der Waals surface area contributed by atoms with E-state index in [0.717, 1.165) is 23.8 Å². The van der Waals surface area contributed by atoms with Gasteiger partial charge in [-0.25, -0.2) is 13.8 Å². The number of anilines is 1. The Hall–Kier alpha value is -2.83. The van der Waals surface area contributed by atoms with Gasteiger partial charge in [-0.2, -0.15) is 0 Å². The highest BCUT2D eigenvalue weighted by Gasteiger charge is 2.27. The molecule has 1 atom stereocenters. The quantitative estimate of drug-likeness (QED) is 0.873. The number of hydrogen-bond donors (Lipinski definition) is 2. The molecule has 0 aliphatic rings. The maximum atomic E-state index is 13.7. The molecule has 7 heteroatoms. The molecule has 0 aliphatic heterocycles. The average Bonchev–Trinajstić information content (AvgIpc) is 2.52. The zero-order valence-electron chi connectivity index (χ0n) is 14.1. The molecule has 1 aromatic heterocycles. The van der Waals surface area contributed by atoms with E-state index < -0.39 is 35.1 Å². The molecular weight excluding hydrogens is 328 g/mol. The highest BCUT2D eigenvalue weighted by molar-refractivity contribution is 6.01. The standard InChI is InChI=1S/C18H19F2N3O2/c1-10(2)16(18(25)22-14-9-11(3)7-8-21-14)23-17(24)15-12(19)5-4-6-13(15)20/h4-10,16H,1-3H3,(H,23,24)(H,21,22,25). The van der Waals surface area contributed by atoms with Gasteiger partial charge in [0.1, 0.15) is 29.1 Å². The fourth-order valence-corrected chi connectivity index (χ4v) is 2.27. The van der Waals surface area contributed by atoms with Gasteiger partial charge in [-0.05, 0) is 42.7 Å². The lowest BCUT2D eigenvalue weighted by molar-refractivity contribution is -0.118. The molecule has 132 valence electrons. The van der Waals surface area contributed by atoms with Crippen molar-refractivity contribution < 1.29 is 18.4 Å². The Labute approximate surface area is 144 Å². The third-order valence-corrected chi connectivity index (χ3v) is 3.59. The van der Waals surface area contributed by atoms with Crippen molar-refractivity contribution in [1.29, 1.82) is 0 Å². The summed E-state index contributed by atoms with van der Waals surface area (Å²) in [5.41, 5.74) is 0.193. The Bertz CT molecular complexity index is 773. The number of carbonyl (C=O) groups is 2. The molecule has 1 aromatic carbocycles. The van der Waals surface area contributed by atoms with Crippen molar-refractivity contribution in [3.05, 3.63) is 59.3 Å². The van der Waals surface area contributed by atoms with Crippen molar-refractivity contribution in [2.45, 2.75) is 26.8 Å². The van der Waals surface area contributed by atoms with Crippen LogP contribution in [0.1, 0.15) is 29.8 Å². The molecule has 2 aromatic rings. The fraction of sp³-hybridized carbons (Fsp3) is 0.278. The fourth-order valence-electron chi connectivity index (χ4n) is 2.27. The molecule has 0 aliphatic carbocycles. The van der Waals surface area contributed by atoms with Gasteiger partial charge < -0.3 is 10.6 Å². The highest BCUT2D eigenvalue weighted by atomic mass is 19.1. The van der Waals surface area contributed by atoms with Crippen LogP contribution in [0.25, 0.3) is 0 Å². The number of rotatable bonds is 5. The number of aromatic nitrogens is 1. The first-order valence-corrected chi connectivity index (χ1v) is 7.78. The van der Waals surface area contributed by atoms with Crippen molar-refractivity contribution in [3.8, 4) is 0 Å². The van der Waals surface area contributed by atoms with Gasteiger partial charge in [-0.1, -0.05) is 19.9 Å². The van der Waals surface area contributed by atoms with Gasteiger partial charge in [-0.3, -0.25) is 9.59 Å². The lowest BCUT2D eigenvalue weighted by Gasteiger charge is -2.21. The van der Waals surface area contributed by atoms with Gasteiger partial charge in [0.05, 0.1) is 0 Å². The molecule has 0 spiro atoms. The number of halogens is 2. The molecule has 1 unspecified atom stereocenters. The molecule has 5 nitrogen and oxygen atoms in total. The molecule has 0 bridgehead atoms. The number of carbonyl (C=O) groups excluding carboxylic acids is 2. The monoisotopic (exact) mass is 347 g/mol.